The lowest BCUT2D eigenvalue weighted by Crippen LogP contribution is -2.05. The van der Waals surface area contributed by atoms with E-state index in [0.717, 1.165) is 9.88 Å². The zero-order valence-corrected chi connectivity index (χ0v) is 11.3. The van der Waals surface area contributed by atoms with E-state index < -0.39 is 10.9 Å². The number of nitrogens with zero attached hydrogens (tertiary/aromatic N) is 2. The summed E-state index contributed by atoms with van der Waals surface area (Å²) in [6.45, 7) is 2.22. The number of thiazole rings is 1. The lowest BCUT2D eigenvalue weighted by Gasteiger charge is -2.06. The quantitative estimate of drug-likeness (QED) is 0.648. The van der Waals surface area contributed by atoms with Crippen molar-refractivity contribution in [1.82, 2.24) is 4.98 Å². The maximum atomic E-state index is 10.9. The van der Waals surface area contributed by atoms with Gasteiger partial charge < -0.3 is 10.4 Å². The fourth-order valence-corrected chi connectivity index (χ4v) is 2.35. The van der Waals surface area contributed by atoms with Crippen molar-refractivity contribution in [2.24, 2.45) is 0 Å². The number of hydrogen-bond donors (Lipinski definition) is 2. The SMILES string of the molecule is Cc1cnc(CNc2cc(C(=O)O)ccc2[N+](=O)[O-])s1. The number of aryl methyl sites for hydroxylation is 1. The first kappa shape index (κ1) is 13.9. The third kappa shape index (κ3) is 3.09. The molecule has 7 nitrogen and oxygen atoms in total. The summed E-state index contributed by atoms with van der Waals surface area (Å²) < 4.78 is 0. The topological polar surface area (TPSA) is 105 Å². The lowest BCUT2D eigenvalue weighted by atomic mass is 10.1. The minimum Gasteiger partial charge on any atom is -0.478 e. The second-order valence-electron chi connectivity index (χ2n) is 4.01. The van der Waals surface area contributed by atoms with Gasteiger partial charge in [-0.3, -0.25) is 10.1 Å². The van der Waals surface area contributed by atoms with Crippen molar-refractivity contribution >= 4 is 28.7 Å². The second kappa shape index (κ2) is 5.66. The van der Waals surface area contributed by atoms with Crippen LogP contribution in [0.2, 0.25) is 0 Å². The number of nitro groups is 1. The number of aromatic nitrogens is 1. The molecule has 20 heavy (non-hydrogen) atoms. The molecule has 104 valence electrons. The third-order valence-electron chi connectivity index (χ3n) is 2.54. The molecule has 0 bridgehead atoms. The summed E-state index contributed by atoms with van der Waals surface area (Å²) in [5.41, 5.74) is -0.000509. The number of anilines is 1. The Bertz CT molecular complexity index is 668. The number of benzene rings is 1. The Morgan fingerprint density at radius 3 is 2.85 bits per heavy atom. The summed E-state index contributed by atoms with van der Waals surface area (Å²) in [7, 11) is 0. The average molecular weight is 293 g/mol. The van der Waals surface area contributed by atoms with Gasteiger partial charge in [0.15, 0.2) is 0 Å². The van der Waals surface area contributed by atoms with Gasteiger partial charge in [-0.2, -0.15) is 0 Å². The van der Waals surface area contributed by atoms with Gasteiger partial charge in [0.2, 0.25) is 0 Å². The van der Waals surface area contributed by atoms with Gasteiger partial charge in [0.25, 0.3) is 5.69 Å². The van der Waals surface area contributed by atoms with Crippen LogP contribution in [0, 0.1) is 17.0 Å². The number of carboxylic acids is 1. The van der Waals surface area contributed by atoms with Gasteiger partial charge in [0.05, 0.1) is 17.0 Å². The molecule has 0 saturated carbocycles. The number of carbonyl (C=O) groups is 1. The molecule has 0 aliphatic heterocycles. The Morgan fingerprint density at radius 2 is 2.30 bits per heavy atom. The first-order chi connectivity index (χ1) is 9.47. The molecule has 0 unspecified atom stereocenters. The molecule has 1 heterocycles. The van der Waals surface area contributed by atoms with Gasteiger partial charge in [-0.1, -0.05) is 0 Å². The number of aromatic carboxylic acids is 1. The van der Waals surface area contributed by atoms with Crippen molar-refractivity contribution in [3.05, 3.63) is 50.0 Å². The number of rotatable bonds is 5. The van der Waals surface area contributed by atoms with Gasteiger partial charge in [0, 0.05) is 17.1 Å². The smallest absolute Gasteiger partial charge is 0.335 e. The van der Waals surface area contributed by atoms with E-state index in [9.17, 15) is 14.9 Å². The fourth-order valence-electron chi connectivity index (χ4n) is 1.62. The molecule has 0 fully saturated rings. The van der Waals surface area contributed by atoms with Crippen LogP contribution in [-0.2, 0) is 6.54 Å². The highest BCUT2D eigenvalue weighted by molar-refractivity contribution is 7.11. The number of nitrogens with one attached hydrogen (secondary N) is 1. The van der Waals surface area contributed by atoms with E-state index >= 15 is 0 Å². The van der Waals surface area contributed by atoms with Gasteiger partial charge in [-0.25, -0.2) is 9.78 Å². The van der Waals surface area contributed by atoms with E-state index in [1.807, 2.05) is 6.92 Å². The molecular formula is C12H11N3O4S. The number of nitro benzene ring substituents is 1. The van der Waals surface area contributed by atoms with Crippen LogP contribution < -0.4 is 5.32 Å². The minimum absolute atomic E-state index is 0.00609. The van der Waals surface area contributed by atoms with Crippen LogP contribution in [0.25, 0.3) is 0 Å². The highest BCUT2D eigenvalue weighted by Gasteiger charge is 2.16. The Morgan fingerprint density at radius 1 is 1.55 bits per heavy atom. The molecule has 1 aromatic heterocycles. The Hall–Kier alpha value is -2.48. The molecule has 0 atom stereocenters. The predicted molar refractivity (Wildman–Crippen MR) is 74.2 cm³/mol. The molecule has 0 aliphatic rings. The third-order valence-corrected chi connectivity index (χ3v) is 3.45. The summed E-state index contributed by atoms with van der Waals surface area (Å²) in [6, 6.07) is 3.64. The van der Waals surface area contributed by atoms with E-state index in [1.165, 1.54) is 29.5 Å². The van der Waals surface area contributed by atoms with Crippen LogP contribution in [0.3, 0.4) is 0 Å². The summed E-state index contributed by atoms with van der Waals surface area (Å²) in [5.74, 6) is -1.13. The molecule has 0 spiro atoms. The highest BCUT2D eigenvalue weighted by atomic mass is 32.1. The first-order valence-corrected chi connectivity index (χ1v) is 6.46. The zero-order chi connectivity index (χ0) is 14.7. The molecule has 2 rings (SSSR count). The van der Waals surface area contributed by atoms with E-state index in [0.29, 0.717) is 6.54 Å². The second-order valence-corrected chi connectivity index (χ2v) is 5.33. The monoisotopic (exact) mass is 293 g/mol. The van der Waals surface area contributed by atoms with E-state index in [-0.39, 0.29) is 16.9 Å². The highest BCUT2D eigenvalue weighted by Crippen LogP contribution is 2.26. The normalized spacial score (nSPS) is 10.2. The standard InChI is InChI=1S/C12H11N3O4S/c1-7-5-14-11(20-7)6-13-9-4-8(12(16)17)2-3-10(9)15(18)19/h2-5,13H,6H2,1H3,(H,16,17). The minimum atomic E-state index is -1.13. The van der Waals surface area contributed by atoms with Crippen molar-refractivity contribution in [3.63, 3.8) is 0 Å². The van der Waals surface area contributed by atoms with Crippen LogP contribution in [0.5, 0.6) is 0 Å². The molecule has 8 heteroatoms. The molecule has 0 saturated heterocycles. The Kier molecular flexibility index (Phi) is 3.94. The molecule has 2 N–H and O–H groups in total. The van der Waals surface area contributed by atoms with Gasteiger partial charge >= 0.3 is 5.97 Å². The average Bonchev–Trinajstić information content (AvgIpc) is 2.81. The van der Waals surface area contributed by atoms with Crippen molar-refractivity contribution in [2.75, 3.05) is 5.32 Å². The molecule has 1 aromatic carbocycles. The maximum absolute atomic E-state index is 10.9. The van der Waals surface area contributed by atoms with Gasteiger partial charge in [-0.15, -0.1) is 11.3 Å². The molecular weight excluding hydrogens is 282 g/mol. The van der Waals surface area contributed by atoms with Crippen LogP contribution in [-0.4, -0.2) is 21.0 Å². The molecule has 2 aromatic rings. The van der Waals surface area contributed by atoms with Crippen LogP contribution in [0.15, 0.2) is 24.4 Å². The zero-order valence-electron chi connectivity index (χ0n) is 10.5. The largest absolute Gasteiger partial charge is 0.478 e. The Labute approximate surface area is 118 Å². The van der Waals surface area contributed by atoms with Crippen LogP contribution in [0.4, 0.5) is 11.4 Å². The number of carboxylic acid groups (broad SMARTS) is 1. The first-order valence-electron chi connectivity index (χ1n) is 5.64. The van der Waals surface area contributed by atoms with E-state index in [4.69, 9.17) is 5.11 Å². The van der Waals surface area contributed by atoms with Crippen molar-refractivity contribution in [3.8, 4) is 0 Å². The van der Waals surface area contributed by atoms with Crippen molar-refractivity contribution in [1.29, 1.82) is 0 Å². The lowest BCUT2D eigenvalue weighted by molar-refractivity contribution is -0.384. The van der Waals surface area contributed by atoms with Crippen LogP contribution >= 0.6 is 11.3 Å². The summed E-state index contributed by atoms with van der Waals surface area (Å²) in [6.07, 6.45) is 1.71. The van der Waals surface area contributed by atoms with Gasteiger partial charge in [-0.05, 0) is 19.1 Å². The maximum Gasteiger partial charge on any atom is 0.335 e. The summed E-state index contributed by atoms with van der Waals surface area (Å²) in [5, 5.41) is 23.5. The summed E-state index contributed by atoms with van der Waals surface area (Å²) in [4.78, 5) is 26.4. The Balaban J connectivity index is 2.25. The van der Waals surface area contributed by atoms with E-state index in [2.05, 4.69) is 10.3 Å². The fraction of sp³-hybridized carbons (Fsp3) is 0.167. The molecule has 0 aliphatic carbocycles. The van der Waals surface area contributed by atoms with E-state index in [1.54, 1.807) is 6.20 Å². The number of hydrogen-bond acceptors (Lipinski definition) is 6. The molecule has 0 amide bonds. The van der Waals surface area contributed by atoms with Crippen molar-refractivity contribution < 1.29 is 14.8 Å². The predicted octanol–water partition coefficient (Wildman–Crippen LogP) is 2.67. The summed E-state index contributed by atoms with van der Waals surface area (Å²) >= 11 is 1.47. The molecule has 0 radical (unpaired) electrons. The van der Waals surface area contributed by atoms with Gasteiger partial charge in [0.1, 0.15) is 10.7 Å². The van der Waals surface area contributed by atoms with Crippen LogP contribution in [0.1, 0.15) is 20.2 Å². The van der Waals surface area contributed by atoms with Crippen molar-refractivity contribution in [2.45, 2.75) is 13.5 Å².